The van der Waals surface area contributed by atoms with E-state index in [0.29, 0.717) is 28.2 Å². The molecule has 1 N–H and O–H groups in total. The number of rotatable bonds is 5. The second-order valence-corrected chi connectivity index (χ2v) is 5.77. The molecule has 0 aliphatic heterocycles. The van der Waals surface area contributed by atoms with Crippen molar-refractivity contribution >= 4 is 39.1 Å². The number of aromatic nitrogens is 1. The molecule has 0 unspecified atom stereocenters. The maximum Gasteiger partial charge on any atom is 0.219 e. The number of ether oxygens (including phenoxy) is 1. The van der Waals surface area contributed by atoms with Crippen LogP contribution in [0.15, 0.2) is 34.8 Å². The van der Waals surface area contributed by atoms with Crippen LogP contribution in [0, 0.1) is 0 Å². The van der Waals surface area contributed by atoms with Gasteiger partial charge >= 0.3 is 0 Å². The molecular formula is C14H13BrCl2N2O. The minimum absolute atomic E-state index is 0.464. The molecule has 0 fully saturated rings. The topological polar surface area (TPSA) is 34.2 Å². The Balaban J connectivity index is 2.20. The molecule has 0 bridgehead atoms. The van der Waals surface area contributed by atoms with E-state index in [4.69, 9.17) is 27.9 Å². The van der Waals surface area contributed by atoms with Crippen molar-refractivity contribution in [2.45, 2.75) is 13.5 Å². The molecule has 1 heterocycles. The van der Waals surface area contributed by atoms with Gasteiger partial charge in [0.1, 0.15) is 5.75 Å². The van der Waals surface area contributed by atoms with E-state index >= 15 is 0 Å². The van der Waals surface area contributed by atoms with E-state index < -0.39 is 0 Å². The average molecular weight is 376 g/mol. The van der Waals surface area contributed by atoms with Crippen LogP contribution < -0.4 is 10.1 Å². The molecule has 6 heteroatoms. The van der Waals surface area contributed by atoms with Crippen LogP contribution in [0.4, 0.5) is 0 Å². The summed E-state index contributed by atoms with van der Waals surface area (Å²) in [4.78, 5) is 4.38. The van der Waals surface area contributed by atoms with Crippen LogP contribution in [0.3, 0.4) is 0 Å². The summed E-state index contributed by atoms with van der Waals surface area (Å²) >= 11 is 15.6. The van der Waals surface area contributed by atoms with Crippen LogP contribution in [-0.4, -0.2) is 11.5 Å². The molecule has 0 atom stereocenters. The first-order valence-electron chi connectivity index (χ1n) is 6.09. The lowest BCUT2D eigenvalue weighted by Gasteiger charge is -2.10. The zero-order valence-corrected chi connectivity index (χ0v) is 13.9. The third-order valence-electron chi connectivity index (χ3n) is 2.54. The van der Waals surface area contributed by atoms with Gasteiger partial charge in [0.25, 0.3) is 0 Å². The van der Waals surface area contributed by atoms with E-state index in [1.165, 1.54) is 0 Å². The van der Waals surface area contributed by atoms with Crippen molar-refractivity contribution in [3.05, 3.63) is 50.5 Å². The first-order chi connectivity index (χ1) is 9.60. The van der Waals surface area contributed by atoms with Gasteiger partial charge in [-0.2, -0.15) is 0 Å². The molecular weight excluding hydrogens is 363 g/mol. The average Bonchev–Trinajstić information content (AvgIpc) is 2.42. The second-order valence-electron chi connectivity index (χ2n) is 4.04. The van der Waals surface area contributed by atoms with Crippen molar-refractivity contribution < 1.29 is 4.74 Å². The minimum atomic E-state index is 0.464. The Kier molecular flexibility index (Phi) is 5.66. The van der Waals surface area contributed by atoms with Gasteiger partial charge in [0.2, 0.25) is 5.88 Å². The minimum Gasteiger partial charge on any atom is -0.437 e. The Hall–Kier alpha value is -0.810. The summed E-state index contributed by atoms with van der Waals surface area (Å²) in [5, 5.41) is 4.31. The summed E-state index contributed by atoms with van der Waals surface area (Å²) in [6.45, 7) is 3.47. The van der Waals surface area contributed by atoms with Crippen molar-refractivity contribution in [1.82, 2.24) is 10.3 Å². The fourth-order valence-electron chi connectivity index (χ4n) is 1.56. The Morgan fingerprint density at radius 1 is 1.20 bits per heavy atom. The van der Waals surface area contributed by atoms with Gasteiger partial charge in [-0.25, -0.2) is 4.98 Å². The predicted octanol–water partition coefficient (Wildman–Crippen LogP) is 5.05. The summed E-state index contributed by atoms with van der Waals surface area (Å²) in [6, 6.07) is 8.90. The third kappa shape index (κ3) is 4.09. The quantitative estimate of drug-likeness (QED) is 0.793. The Labute approximate surface area is 136 Å². The van der Waals surface area contributed by atoms with Gasteiger partial charge < -0.3 is 10.1 Å². The molecule has 0 radical (unpaired) electrons. The van der Waals surface area contributed by atoms with Crippen molar-refractivity contribution in [2.75, 3.05) is 6.54 Å². The molecule has 0 aliphatic rings. The highest BCUT2D eigenvalue weighted by atomic mass is 79.9. The summed E-state index contributed by atoms with van der Waals surface area (Å²) in [5.41, 5.74) is 0.749. The highest BCUT2D eigenvalue weighted by Crippen LogP contribution is 2.31. The zero-order valence-electron chi connectivity index (χ0n) is 10.8. The summed E-state index contributed by atoms with van der Waals surface area (Å²) in [6.07, 6.45) is 0. The molecule has 2 aromatic rings. The maximum atomic E-state index is 6.11. The van der Waals surface area contributed by atoms with E-state index in [9.17, 15) is 0 Å². The van der Waals surface area contributed by atoms with Crippen LogP contribution in [0.5, 0.6) is 11.6 Å². The van der Waals surface area contributed by atoms with Gasteiger partial charge in [-0.3, -0.25) is 0 Å². The number of halogens is 3. The van der Waals surface area contributed by atoms with Gasteiger partial charge in [0, 0.05) is 17.1 Å². The van der Waals surface area contributed by atoms with Gasteiger partial charge in [-0.15, -0.1) is 0 Å². The van der Waals surface area contributed by atoms with E-state index in [0.717, 1.165) is 16.7 Å². The second kappa shape index (κ2) is 7.27. The molecule has 1 aromatic carbocycles. The Bertz CT molecular complexity index is 608. The van der Waals surface area contributed by atoms with Crippen LogP contribution in [-0.2, 0) is 6.54 Å². The maximum absolute atomic E-state index is 6.11. The Morgan fingerprint density at radius 2 is 2.00 bits per heavy atom. The molecule has 0 saturated heterocycles. The molecule has 0 amide bonds. The third-order valence-corrected chi connectivity index (χ3v) is 3.68. The molecule has 2 rings (SSSR count). The molecule has 20 heavy (non-hydrogen) atoms. The van der Waals surface area contributed by atoms with Crippen molar-refractivity contribution in [1.29, 1.82) is 0 Å². The highest BCUT2D eigenvalue weighted by Gasteiger charge is 2.08. The molecule has 106 valence electrons. The fourth-order valence-corrected chi connectivity index (χ4v) is 2.44. The first kappa shape index (κ1) is 15.6. The molecule has 1 aromatic heterocycles. The summed E-state index contributed by atoms with van der Waals surface area (Å²) < 4.78 is 6.58. The van der Waals surface area contributed by atoms with Crippen molar-refractivity contribution in [3.8, 4) is 11.6 Å². The fraction of sp³-hybridized carbons (Fsp3) is 0.214. The first-order valence-corrected chi connectivity index (χ1v) is 7.64. The summed E-state index contributed by atoms with van der Waals surface area (Å²) in [7, 11) is 0. The zero-order chi connectivity index (χ0) is 14.5. The number of pyridine rings is 1. The van der Waals surface area contributed by atoms with Crippen LogP contribution in [0.2, 0.25) is 10.0 Å². The SMILES string of the molecule is CCNCc1nc(Oc2ccc(Br)cc2Cl)ccc1Cl. The Morgan fingerprint density at radius 3 is 2.70 bits per heavy atom. The number of hydrogen-bond donors (Lipinski definition) is 1. The number of nitrogens with one attached hydrogen (secondary N) is 1. The number of hydrogen-bond acceptors (Lipinski definition) is 3. The monoisotopic (exact) mass is 374 g/mol. The smallest absolute Gasteiger partial charge is 0.219 e. The van der Waals surface area contributed by atoms with E-state index in [-0.39, 0.29) is 0 Å². The molecule has 3 nitrogen and oxygen atoms in total. The van der Waals surface area contributed by atoms with E-state index in [2.05, 4.69) is 26.2 Å². The van der Waals surface area contributed by atoms with Crippen LogP contribution in [0.1, 0.15) is 12.6 Å². The van der Waals surface area contributed by atoms with Gasteiger partial charge in [0.15, 0.2) is 0 Å². The van der Waals surface area contributed by atoms with Crippen molar-refractivity contribution in [3.63, 3.8) is 0 Å². The largest absolute Gasteiger partial charge is 0.437 e. The summed E-state index contributed by atoms with van der Waals surface area (Å²) in [5.74, 6) is 1.02. The lowest BCUT2D eigenvalue weighted by Crippen LogP contribution is -2.13. The standard InChI is InChI=1S/C14H13BrCl2N2O/c1-2-18-8-12-10(16)4-6-14(19-12)20-13-5-3-9(15)7-11(13)17/h3-7,18H,2,8H2,1H3. The van der Waals surface area contributed by atoms with Gasteiger partial charge in [-0.1, -0.05) is 46.1 Å². The molecule has 0 aliphatic carbocycles. The van der Waals surface area contributed by atoms with Crippen LogP contribution >= 0.6 is 39.1 Å². The van der Waals surface area contributed by atoms with Crippen molar-refractivity contribution in [2.24, 2.45) is 0 Å². The molecule has 0 saturated carbocycles. The van der Waals surface area contributed by atoms with Gasteiger partial charge in [0.05, 0.1) is 15.7 Å². The van der Waals surface area contributed by atoms with Crippen LogP contribution in [0.25, 0.3) is 0 Å². The lowest BCUT2D eigenvalue weighted by molar-refractivity contribution is 0.460. The number of benzene rings is 1. The predicted molar refractivity (Wildman–Crippen MR) is 85.9 cm³/mol. The lowest BCUT2D eigenvalue weighted by atomic mass is 10.3. The highest BCUT2D eigenvalue weighted by molar-refractivity contribution is 9.10. The van der Waals surface area contributed by atoms with E-state index in [1.807, 2.05) is 13.0 Å². The number of nitrogens with zero attached hydrogens (tertiary/aromatic N) is 1. The van der Waals surface area contributed by atoms with Gasteiger partial charge in [-0.05, 0) is 30.8 Å². The molecule has 0 spiro atoms. The normalized spacial score (nSPS) is 10.6. The van der Waals surface area contributed by atoms with E-state index in [1.54, 1.807) is 24.3 Å².